The lowest BCUT2D eigenvalue weighted by Crippen LogP contribution is -2.21. The van der Waals surface area contributed by atoms with Crippen LogP contribution in [0.1, 0.15) is 17.3 Å². The number of carbonyl (C=O) groups is 1. The van der Waals surface area contributed by atoms with Crippen molar-refractivity contribution in [3.8, 4) is 0 Å². The van der Waals surface area contributed by atoms with E-state index in [1.807, 2.05) is 6.92 Å². The van der Waals surface area contributed by atoms with Crippen LogP contribution in [-0.2, 0) is 0 Å². The van der Waals surface area contributed by atoms with Gasteiger partial charge in [-0.2, -0.15) is 0 Å². The maximum atomic E-state index is 11.4. The Kier molecular flexibility index (Phi) is 1.89. The first-order valence-corrected chi connectivity index (χ1v) is 4.52. The van der Waals surface area contributed by atoms with Crippen LogP contribution >= 0.6 is 0 Å². The Bertz CT molecular complexity index is 607. The Hall–Kier alpha value is -2.04. The lowest BCUT2D eigenvalue weighted by molar-refractivity contribution is 0.0937. The van der Waals surface area contributed by atoms with Gasteiger partial charge < -0.3 is 10.7 Å². The van der Waals surface area contributed by atoms with Gasteiger partial charge >= 0.3 is 5.69 Å². The first-order chi connectivity index (χ1) is 7.00. The number of nitrogen functional groups attached to an aromatic ring is 1. The van der Waals surface area contributed by atoms with E-state index in [0.717, 1.165) is 10.1 Å². The van der Waals surface area contributed by atoms with Gasteiger partial charge in [-0.3, -0.25) is 4.79 Å². The average Bonchev–Trinajstić information content (AvgIpc) is 2.41. The number of hydrogen-bond donors (Lipinski definition) is 2. The second kappa shape index (κ2) is 2.98. The van der Waals surface area contributed by atoms with Crippen LogP contribution in [0.2, 0.25) is 0 Å². The summed E-state index contributed by atoms with van der Waals surface area (Å²) in [7, 11) is 0. The molecule has 5 heteroatoms. The van der Waals surface area contributed by atoms with Gasteiger partial charge in [-0.1, -0.05) is 0 Å². The minimum absolute atomic E-state index is 0.325. The number of hydrogen-bond acceptors (Lipinski definition) is 3. The largest absolute Gasteiger partial charge is 0.398 e. The molecular formula is C10H11N3O2. The Balaban J connectivity index is 2.94. The third-order valence-corrected chi connectivity index (χ3v) is 2.38. The summed E-state index contributed by atoms with van der Waals surface area (Å²) in [5, 5.41) is 0. The molecule has 0 aliphatic rings. The van der Waals surface area contributed by atoms with Gasteiger partial charge in [0.2, 0.25) is 5.91 Å². The molecule has 1 aromatic carbocycles. The molecule has 0 aliphatic heterocycles. The van der Waals surface area contributed by atoms with E-state index in [0.29, 0.717) is 16.7 Å². The molecule has 2 aromatic rings. The molecule has 0 aliphatic carbocycles. The normalized spacial score (nSPS) is 10.8. The highest BCUT2D eigenvalue weighted by Gasteiger charge is 2.11. The Morgan fingerprint density at radius 3 is 2.73 bits per heavy atom. The van der Waals surface area contributed by atoms with E-state index in [9.17, 15) is 9.59 Å². The van der Waals surface area contributed by atoms with E-state index in [1.54, 1.807) is 12.1 Å². The van der Waals surface area contributed by atoms with Crippen molar-refractivity contribution in [3.63, 3.8) is 0 Å². The number of nitrogens with two attached hydrogens (primary N) is 1. The maximum absolute atomic E-state index is 11.4. The van der Waals surface area contributed by atoms with Crippen molar-refractivity contribution in [2.45, 2.75) is 13.8 Å². The molecule has 3 N–H and O–H groups in total. The van der Waals surface area contributed by atoms with Crippen LogP contribution in [0.4, 0.5) is 5.69 Å². The number of aryl methyl sites for hydroxylation is 1. The second-order valence-corrected chi connectivity index (χ2v) is 3.51. The Labute approximate surface area is 85.5 Å². The van der Waals surface area contributed by atoms with Crippen molar-refractivity contribution in [3.05, 3.63) is 28.2 Å². The summed E-state index contributed by atoms with van der Waals surface area (Å²) in [6.07, 6.45) is 0. The molecule has 78 valence electrons. The molecule has 0 radical (unpaired) electrons. The van der Waals surface area contributed by atoms with E-state index in [-0.39, 0.29) is 5.91 Å². The summed E-state index contributed by atoms with van der Waals surface area (Å²) in [6.45, 7) is 3.18. The molecule has 0 saturated heterocycles. The van der Waals surface area contributed by atoms with Gasteiger partial charge in [-0.25, -0.2) is 9.36 Å². The number of nitrogens with one attached hydrogen (secondary N) is 1. The van der Waals surface area contributed by atoms with Crippen molar-refractivity contribution in [1.29, 1.82) is 0 Å². The van der Waals surface area contributed by atoms with Crippen LogP contribution in [0.15, 0.2) is 16.9 Å². The van der Waals surface area contributed by atoms with Crippen LogP contribution in [-0.4, -0.2) is 15.5 Å². The predicted octanol–water partition coefficient (Wildman–Crippen LogP) is 0.880. The lowest BCUT2D eigenvalue weighted by Gasteiger charge is -2.01. The zero-order chi connectivity index (χ0) is 11.2. The maximum Gasteiger partial charge on any atom is 0.333 e. The predicted molar refractivity (Wildman–Crippen MR) is 58.0 cm³/mol. The van der Waals surface area contributed by atoms with Gasteiger partial charge in [0, 0.05) is 12.6 Å². The number of anilines is 1. The molecule has 0 bridgehead atoms. The van der Waals surface area contributed by atoms with E-state index >= 15 is 0 Å². The van der Waals surface area contributed by atoms with Crippen LogP contribution in [0.25, 0.3) is 11.0 Å². The third-order valence-electron chi connectivity index (χ3n) is 2.38. The summed E-state index contributed by atoms with van der Waals surface area (Å²) in [4.78, 5) is 25.3. The van der Waals surface area contributed by atoms with Gasteiger partial charge in [-0.05, 0) is 24.6 Å². The number of aromatic amines is 1. The summed E-state index contributed by atoms with van der Waals surface area (Å²) < 4.78 is 1.07. The highest BCUT2D eigenvalue weighted by atomic mass is 16.2. The van der Waals surface area contributed by atoms with Crippen molar-refractivity contribution in [2.24, 2.45) is 0 Å². The van der Waals surface area contributed by atoms with E-state index in [1.165, 1.54) is 6.92 Å². The summed E-state index contributed by atoms with van der Waals surface area (Å²) in [5.41, 5.74) is 7.89. The quantitative estimate of drug-likeness (QED) is 0.626. The summed E-state index contributed by atoms with van der Waals surface area (Å²) in [5.74, 6) is -0.325. The molecule has 2 rings (SSSR count). The SMILES string of the molecule is CC(=O)n1c(=O)[nH]c2cc(C)c(N)cc21. The van der Waals surface area contributed by atoms with Gasteiger partial charge in [0.05, 0.1) is 11.0 Å². The van der Waals surface area contributed by atoms with Crippen molar-refractivity contribution in [2.75, 3.05) is 5.73 Å². The first kappa shape index (κ1) is 9.51. The number of benzene rings is 1. The van der Waals surface area contributed by atoms with E-state index in [4.69, 9.17) is 5.73 Å². The molecule has 0 fully saturated rings. The molecule has 0 unspecified atom stereocenters. The fraction of sp³-hybridized carbons (Fsp3) is 0.200. The van der Waals surface area contributed by atoms with Gasteiger partial charge in [-0.15, -0.1) is 0 Å². The molecule has 0 saturated carbocycles. The first-order valence-electron chi connectivity index (χ1n) is 4.52. The number of rotatable bonds is 0. The number of H-pyrrole nitrogens is 1. The fourth-order valence-electron chi connectivity index (χ4n) is 1.59. The van der Waals surface area contributed by atoms with E-state index in [2.05, 4.69) is 4.98 Å². The molecule has 0 spiro atoms. The molecule has 15 heavy (non-hydrogen) atoms. The number of carbonyl (C=O) groups excluding carboxylic acids is 1. The highest BCUT2D eigenvalue weighted by Crippen LogP contribution is 2.18. The minimum atomic E-state index is -0.428. The topological polar surface area (TPSA) is 80.9 Å². The standard InChI is InChI=1S/C10H11N3O2/c1-5-3-8-9(4-7(5)11)13(6(2)14)10(15)12-8/h3-4H,11H2,1-2H3,(H,12,15). The van der Waals surface area contributed by atoms with Crippen molar-refractivity contribution in [1.82, 2.24) is 9.55 Å². The molecular weight excluding hydrogens is 194 g/mol. The molecule has 0 atom stereocenters. The van der Waals surface area contributed by atoms with Gasteiger partial charge in [0.15, 0.2) is 0 Å². The number of fused-ring (bicyclic) bond motifs is 1. The lowest BCUT2D eigenvalue weighted by atomic mass is 10.2. The molecule has 1 heterocycles. The highest BCUT2D eigenvalue weighted by molar-refractivity contribution is 5.90. The van der Waals surface area contributed by atoms with Crippen LogP contribution in [0.3, 0.4) is 0 Å². The Morgan fingerprint density at radius 2 is 2.13 bits per heavy atom. The number of nitrogens with zero attached hydrogens (tertiary/aromatic N) is 1. The number of imidazole rings is 1. The van der Waals surface area contributed by atoms with Crippen molar-refractivity contribution < 1.29 is 4.79 Å². The number of aromatic nitrogens is 2. The Morgan fingerprint density at radius 1 is 1.47 bits per heavy atom. The minimum Gasteiger partial charge on any atom is -0.398 e. The molecule has 0 amide bonds. The molecule has 1 aromatic heterocycles. The fourth-order valence-corrected chi connectivity index (χ4v) is 1.59. The van der Waals surface area contributed by atoms with E-state index < -0.39 is 5.69 Å². The molecule has 5 nitrogen and oxygen atoms in total. The zero-order valence-electron chi connectivity index (χ0n) is 8.50. The smallest absolute Gasteiger partial charge is 0.333 e. The second-order valence-electron chi connectivity index (χ2n) is 3.51. The van der Waals surface area contributed by atoms with Gasteiger partial charge in [0.25, 0.3) is 0 Å². The monoisotopic (exact) mass is 205 g/mol. The third kappa shape index (κ3) is 1.32. The summed E-state index contributed by atoms with van der Waals surface area (Å²) >= 11 is 0. The van der Waals surface area contributed by atoms with Crippen molar-refractivity contribution >= 4 is 22.6 Å². The van der Waals surface area contributed by atoms with Crippen LogP contribution < -0.4 is 11.4 Å². The van der Waals surface area contributed by atoms with Crippen LogP contribution in [0, 0.1) is 6.92 Å². The van der Waals surface area contributed by atoms with Gasteiger partial charge in [0.1, 0.15) is 0 Å². The average molecular weight is 205 g/mol. The zero-order valence-corrected chi connectivity index (χ0v) is 8.50. The summed E-state index contributed by atoms with van der Waals surface area (Å²) in [6, 6.07) is 3.38. The van der Waals surface area contributed by atoms with Crippen LogP contribution in [0.5, 0.6) is 0 Å².